The second-order valence-corrected chi connectivity index (χ2v) is 10.5. The first kappa shape index (κ1) is 31.6. The Morgan fingerprint density at radius 2 is 1.23 bits per heavy atom. The van der Waals surface area contributed by atoms with E-state index >= 15 is 0 Å². The van der Waals surface area contributed by atoms with Crippen LogP contribution in [0.4, 0.5) is 0 Å². The van der Waals surface area contributed by atoms with E-state index in [1.807, 2.05) is 52.3 Å². The number of carbonyl (C=O) groups is 2. The molecule has 0 saturated heterocycles. The van der Waals surface area contributed by atoms with Gasteiger partial charge < -0.3 is 24.0 Å². The van der Waals surface area contributed by atoms with E-state index in [-0.39, 0.29) is 37.2 Å². The third kappa shape index (κ3) is 9.34. The fourth-order valence-electron chi connectivity index (χ4n) is 5.26. The Labute approximate surface area is 240 Å². The summed E-state index contributed by atoms with van der Waals surface area (Å²) in [6.45, 7) is 11.7. The van der Waals surface area contributed by atoms with E-state index in [9.17, 15) is 9.59 Å². The molecule has 0 heterocycles. The highest BCUT2D eigenvalue weighted by atomic mass is 16.5. The van der Waals surface area contributed by atoms with Crippen LogP contribution in [0.2, 0.25) is 0 Å². The van der Waals surface area contributed by atoms with Crippen LogP contribution in [0.5, 0.6) is 5.75 Å². The third-order valence-corrected chi connectivity index (χ3v) is 7.23. The van der Waals surface area contributed by atoms with Crippen LogP contribution in [-0.4, -0.2) is 73.2 Å². The molecule has 0 fully saturated rings. The van der Waals surface area contributed by atoms with Gasteiger partial charge >= 0.3 is 0 Å². The van der Waals surface area contributed by atoms with Crippen molar-refractivity contribution in [3.63, 3.8) is 0 Å². The zero-order valence-corrected chi connectivity index (χ0v) is 24.9. The summed E-state index contributed by atoms with van der Waals surface area (Å²) in [5.74, 6) is 0.822. The first-order valence-corrected chi connectivity index (χ1v) is 15.1. The molecule has 0 spiro atoms. The molecule has 0 aliphatic heterocycles. The van der Waals surface area contributed by atoms with Crippen molar-refractivity contribution >= 4 is 11.8 Å². The van der Waals surface area contributed by atoms with Crippen molar-refractivity contribution in [1.29, 1.82) is 0 Å². The van der Waals surface area contributed by atoms with E-state index in [0.717, 1.165) is 74.3 Å². The van der Waals surface area contributed by atoms with Gasteiger partial charge in [-0.25, -0.2) is 0 Å². The van der Waals surface area contributed by atoms with Gasteiger partial charge in [0.25, 0.3) is 0 Å². The number of hydrogen-bond acceptors (Lipinski definition) is 5. The van der Waals surface area contributed by atoms with Crippen LogP contribution in [0.3, 0.4) is 0 Å². The monoisotopic (exact) mass is 552 g/mol. The molecule has 1 aliphatic carbocycles. The lowest BCUT2D eigenvalue weighted by atomic mass is 9.87. The molecule has 2 atom stereocenters. The van der Waals surface area contributed by atoms with Gasteiger partial charge in [0.2, 0.25) is 11.8 Å². The van der Waals surface area contributed by atoms with E-state index in [0.29, 0.717) is 19.4 Å². The molecule has 220 valence electrons. The van der Waals surface area contributed by atoms with Crippen molar-refractivity contribution in [2.45, 2.75) is 85.0 Å². The molecule has 40 heavy (non-hydrogen) atoms. The van der Waals surface area contributed by atoms with Gasteiger partial charge in [-0.15, -0.1) is 0 Å². The lowest BCUT2D eigenvalue weighted by Gasteiger charge is -2.34. The quantitative estimate of drug-likeness (QED) is 0.262. The van der Waals surface area contributed by atoms with Gasteiger partial charge in [-0.05, 0) is 42.9 Å². The zero-order valence-electron chi connectivity index (χ0n) is 24.9. The third-order valence-electron chi connectivity index (χ3n) is 7.23. The second kappa shape index (κ2) is 17.0. The number of amides is 2. The Morgan fingerprint density at radius 1 is 0.700 bits per heavy atom. The maximum atomic E-state index is 13.0. The number of ether oxygens (including phenoxy) is 3. The molecule has 0 N–H and O–H groups in total. The average Bonchev–Trinajstić information content (AvgIpc) is 2.97. The molecule has 0 saturated carbocycles. The smallest absolute Gasteiger partial charge is 0.248 e. The lowest BCUT2D eigenvalue weighted by molar-refractivity contribution is -0.149. The van der Waals surface area contributed by atoms with Crippen molar-refractivity contribution in [3.8, 4) is 5.75 Å². The van der Waals surface area contributed by atoms with Crippen molar-refractivity contribution in [2.75, 3.05) is 39.4 Å². The van der Waals surface area contributed by atoms with E-state index in [1.54, 1.807) is 0 Å². The fraction of sp³-hybridized carbons (Fsp3) is 0.576. The standard InChI is InChI=1S/C33H48N2O5/c1-5-17-34(18-6-2)32(36)24-39-30-21-27-15-12-16-29(38-23-26-13-10-9-11-14-26)28(27)22-31(30)40-25-33(37)35(19-7-3)20-8-4/h9-16,30-31H,5-8,17-25H2,1-4H3. The van der Waals surface area contributed by atoms with E-state index < -0.39 is 0 Å². The molecular weight excluding hydrogens is 504 g/mol. The van der Waals surface area contributed by atoms with Crippen molar-refractivity contribution in [2.24, 2.45) is 0 Å². The summed E-state index contributed by atoms with van der Waals surface area (Å²) in [5, 5.41) is 0. The summed E-state index contributed by atoms with van der Waals surface area (Å²) >= 11 is 0. The summed E-state index contributed by atoms with van der Waals surface area (Å²) in [5.41, 5.74) is 3.32. The molecule has 0 radical (unpaired) electrons. The van der Waals surface area contributed by atoms with Gasteiger partial charge in [-0.3, -0.25) is 9.59 Å². The minimum absolute atomic E-state index is 0.00124. The number of carbonyl (C=O) groups excluding carboxylic acids is 2. The van der Waals surface area contributed by atoms with Crippen LogP contribution in [0.1, 0.15) is 70.1 Å². The second-order valence-electron chi connectivity index (χ2n) is 10.5. The number of nitrogens with zero attached hydrogens (tertiary/aromatic N) is 2. The topological polar surface area (TPSA) is 68.3 Å². The number of rotatable bonds is 17. The fourth-order valence-corrected chi connectivity index (χ4v) is 5.26. The zero-order chi connectivity index (χ0) is 28.7. The first-order chi connectivity index (χ1) is 19.5. The molecule has 7 nitrogen and oxygen atoms in total. The van der Waals surface area contributed by atoms with Crippen LogP contribution >= 0.6 is 0 Å². The Kier molecular flexibility index (Phi) is 13.5. The van der Waals surface area contributed by atoms with Gasteiger partial charge in [0.05, 0.1) is 12.2 Å². The number of benzene rings is 2. The maximum Gasteiger partial charge on any atom is 0.248 e. The largest absolute Gasteiger partial charge is 0.489 e. The molecule has 0 bridgehead atoms. The van der Waals surface area contributed by atoms with Crippen molar-refractivity contribution < 1.29 is 23.8 Å². The summed E-state index contributed by atoms with van der Waals surface area (Å²) in [7, 11) is 0. The molecule has 2 aromatic carbocycles. The van der Waals surface area contributed by atoms with Crippen LogP contribution in [0.25, 0.3) is 0 Å². The SMILES string of the molecule is CCCN(CCC)C(=O)COC1Cc2cccc(OCc3ccccc3)c2CC1OCC(=O)N(CCC)CCC. The molecule has 2 amide bonds. The Morgan fingerprint density at radius 3 is 1.75 bits per heavy atom. The van der Waals surface area contributed by atoms with Crippen LogP contribution < -0.4 is 4.74 Å². The van der Waals surface area contributed by atoms with Gasteiger partial charge in [0, 0.05) is 44.6 Å². The van der Waals surface area contributed by atoms with Gasteiger partial charge in [-0.1, -0.05) is 70.2 Å². The average molecular weight is 553 g/mol. The van der Waals surface area contributed by atoms with E-state index in [1.165, 1.54) is 0 Å². The highest BCUT2D eigenvalue weighted by Crippen LogP contribution is 2.33. The van der Waals surface area contributed by atoms with Gasteiger partial charge in [0.1, 0.15) is 25.6 Å². The first-order valence-electron chi connectivity index (χ1n) is 15.1. The highest BCUT2D eigenvalue weighted by molar-refractivity contribution is 5.78. The van der Waals surface area contributed by atoms with E-state index in [4.69, 9.17) is 14.2 Å². The Balaban J connectivity index is 1.76. The minimum atomic E-state index is -0.360. The Hall–Kier alpha value is -2.90. The lowest BCUT2D eigenvalue weighted by Crippen LogP contribution is -2.44. The maximum absolute atomic E-state index is 13.0. The van der Waals surface area contributed by atoms with Crippen LogP contribution in [-0.2, 0) is 38.5 Å². The predicted octanol–water partition coefficient (Wildman–Crippen LogP) is 5.43. The number of hydrogen-bond donors (Lipinski definition) is 0. The molecule has 1 aliphatic rings. The molecule has 2 unspecified atom stereocenters. The summed E-state index contributed by atoms with van der Waals surface area (Å²) < 4.78 is 18.8. The molecule has 0 aromatic heterocycles. The van der Waals surface area contributed by atoms with Crippen molar-refractivity contribution in [3.05, 3.63) is 65.2 Å². The summed E-state index contributed by atoms with van der Waals surface area (Å²) in [6.07, 6.45) is 4.10. The molecule has 2 aromatic rings. The van der Waals surface area contributed by atoms with Crippen molar-refractivity contribution in [1.82, 2.24) is 9.80 Å². The van der Waals surface area contributed by atoms with Crippen LogP contribution in [0.15, 0.2) is 48.5 Å². The van der Waals surface area contributed by atoms with Crippen LogP contribution in [0, 0.1) is 0 Å². The molecule has 7 heteroatoms. The molecule has 3 rings (SSSR count). The summed E-state index contributed by atoms with van der Waals surface area (Å²) in [4.78, 5) is 29.7. The van der Waals surface area contributed by atoms with Gasteiger partial charge in [0.15, 0.2) is 0 Å². The van der Waals surface area contributed by atoms with Gasteiger partial charge in [-0.2, -0.15) is 0 Å². The normalized spacial score (nSPS) is 16.3. The Bertz CT molecular complexity index is 1030. The summed E-state index contributed by atoms with van der Waals surface area (Å²) in [6, 6.07) is 16.2. The molecular formula is C33H48N2O5. The van der Waals surface area contributed by atoms with E-state index in [2.05, 4.69) is 33.8 Å². The minimum Gasteiger partial charge on any atom is -0.489 e. The highest BCUT2D eigenvalue weighted by Gasteiger charge is 2.33. The number of fused-ring (bicyclic) bond motifs is 1. The predicted molar refractivity (Wildman–Crippen MR) is 158 cm³/mol.